The Labute approximate surface area is 151 Å². The third kappa shape index (κ3) is 3.04. The van der Waals surface area contributed by atoms with E-state index in [-0.39, 0.29) is 11.7 Å². The summed E-state index contributed by atoms with van der Waals surface area (Å²) in [4.78, 5) is 19.0. The van der Waals surface area contributed by atoms with E-state index in [1.165, 1.54) is 36.0 Å². The maximum atomic E-state index is 13.0. The first-order chi connectivity index (χ1) is 12.6. The van der Waals surface area contributed by atoms with Gasteiger partial charge in [-0.3, -0.25) is 9.78 Å². The molecule has 5 heteroatoms. The Bertz CT molecular complexity index is 955. The van der Waals surface area contributed by atoms with Crippen LogP contribution >= 0.6 is 0 Å². The number of hydrogen-bond acceptors (Lipinski definition) is 3. The van der Waals surface area contributed by atoms with Crippen molar-refractivity contribution >= 4 is 23.0 Å². The number of anilines is 3. The van der Waals surface area contributed by atoms with Gasteiger partial charge in [-0.25, -0.2) is 4.39 Å². The summed E-state index contributed by atoms with van der Waals surface area (Å²) in [5, 5.41) is 2.77. The van der Waals surface area contributed by atoms with Crippen LogP contribution in [0.1, 0.15) is 22.8 Å². The molecule has 4 nitrogen and oxygen atoms in total. The third-order valence-corrected chi connectivity index (χ3v) is 4.57. The van der Waals surface area contributed by atoms with E-state index >= 15 is 0 Å². The van der Waals surface area contributed by atoms with Gasteiger partial charge in [0.1, 0.15) is 5.82 Å². The first kappa shape index (κ1) is 16.3. The molecule has 1 aromatic heterocycles. The molecule has 2 heterocycles. The highest BCUT2D eigenvalue weighted by molar-refractivity contribution is 6.04. The van der Waals surface area contributed by atoms with Crippen molar-refractivity contribution in [2.75, 3.05) is 10.2 Å². The maximum Gasteiger partial charge on any atom is 0.257 e. The molecule has 3 aromatic rings. The number of nitrogens with one attached hydrogen (secondary N) is 1. The van der Waals surface area contributed by atoms with Crippen molar-refractivity contribution in [1.82, 2.24) is 4.98 Å². The van der Waals surface area contributed by atoms with Crippen molar-refractivity contribution in [2.24, 2.45) is 0 Å². The van der Waals surface area contributed by atoms with Crippen molar-refractivity contribution < 1.29 is 9.18 Å². The Balaban J connectivity index is 1.61. The van der Waals surface area contributed by atoms with Crippen molar-refractivity contribution in [1.29, 1.82) is 0 Å². The van der Waals surface area contributed by atoms with Crippen LogP contribution in [0.5, 0.6) is 0 Å². The summed E-state index contributed by atoms with van der Waals surface area (Å²) in [5.41, 5.74) is 4.33. The van der Waals surface area contributed by atoms with E-state index in [4.69, 9.17) is 0 Å². The zero-order valence-corrected chi connectivity index (χ0v) is 14.3. The lowest BCUT2D eigenvalue weighted by atomic mass is 10.1. The number of pyridine rings is 1. The molecule has 1 amide bonds. The lowest BCUT2D eigenvalue weighted by Crippen LogP contribution is -2.24. The first-order valence-electron chi connectivity index (χ1n) is 8.51. The van der Waals surface area contributed by atoms with Gasteiger partial charge in [-0.15, -0.1) is 0 Å². The van der Waals surface area contributed by atoms with Crippen LogP contribution < -0.4 is 10.2 Å². The summed E-state index contributed by atoms with van der Waals surface area (Å²) in [6, 6.07) is 16.1. The van der Waals surface area contributed by atoms with Gasteiger partial charge in [-0.1, -0.05) is 18.2 Å². The molecule has 0 bridgehead atoms. The van der Waals surface area contributed by atoms with Gasteiger partial charge in [-0.05, 0) is 55.3 Å². The van der Waals surface area contributed by atoms with Gasteiger partial charge in [0.05, 0.1) is 17.4 Å². The first-order valence-corrected chi connectivity index (χ1v) is 8.51. The van der Waals surface area contributed by atoms with E-state index < -0.39 is 0 Å². The Hall–Kier alpha value is -3.21. The number of carbonyl (C=O) groups excluding carboxylic acids is 1. The molecule has 0 fully saturated rings. The number of para-hydroxylation sites is 1. The predicted molar refractivity (Wildman–Crippen MR) is 100 cm³/mol. The minimum Gasteiger partial charge on any atom is -0.337 e. The Morgan fingerprint density at radius 2 is 1.92 bits per heavy atom. The van der Waals surface area contributed by atoms with Crippen LogP contribution in [-0.2, 0) is 6.42 Å². The van der Waals surface area contributed by atoms with Crippen molar-refractivity contribution in [3.8, 4) is 0 Å². The van der Waals surface area contributed by atoms with E-state index in [0.717, 1.165) is 17.8 Å². The van der Waals surface area contributed by atoms with Crippen LogP contribution in [0.15, 0.2) is 67.0 Å². The highest BCUT2D eigenvalue weighted by Crippen LogP contribution is 2.37. The minimum absolute atomic E-state index is 0.272. The molecule has 2 aromatic carbocycles. The quantitative estimate of drug-likeness (QED) is 0.756. The average molecular weight is 347 g/mol. The number of benzene rings is 2. The summed E-state index contributed by atoms with van der Waals surface area (Å²) in [7, 11) is 0. The largest absolute Gasteiger partial charge is 0.337 e. The number of fused-ring (bicyclic) bond motifs is 1. The van der Waals surface area contributed by atoms with Crippen LogP contribution in [0.4, 0.5) is 21.5 Å². The van der Waals surface area contributed by atoms with E-state index in [2.05, 4.69) is 34.3 Å². The van der Waals surface area contributed by atoms with Crippen LogP contribution in [0, 0.1) is 5.82 Å². The molecule has 1 atom stereocenters. The number of hydrogen-bond donors (Lipinski definition) is 1. The molecule has 26 heavy (non-hydrogen) atoms. The molecular weight excluding hydrogens is 329 g/mol. The van der Waals surface area contributed by atoms with Gasteiger partial charge >= 0.3 is 0 Å². The molecule has 4 rings (SSSR count). The van der Waals surface area contributed by atoms with Gasteiger partial charge in [0, 0.05) is 23.6 Å². The number of rotatable bonds is 3. The second kappa shape index (κ2) is 6.59. The normalized spacial score (nSPS) is 15.6. The van der Waals surface area contributed by atoms with Crippen LogP contribution in [0.25, 0.3) is 0 Å². The highest BCUT2D eigenvalue weighted by Gasteiger charge is 2.27. The van der Waals surface area contributed by atoms with E-state index in [1.54, 1.807) is 6.20 Å². The monoisotopic (exact) mass is 347 g/mol. The molecule has 1 unspecified atom stereocenters. The van der Waals surface area contributed by atoms with Gasteiger partial charge in [0.2, 0.25) is 0 Å². The molecule has 0 radical (unpaired) electrons. The van der Waals surface area contributed by atoms with Crippen LogP contribution in [0.2, 0.25) is 0 Å². The summed E-state index contributed by atoms with van der Waals surface area (Å²) < 4.78 is 13.0. The van der Waals surface area contributed by atoms with E-state index in [9.17, 15) is 9.18 Å². The van der Waals surface area contributed by atoms with Crippen LogP contribution in [0.3, 0.4) is 0 Å². The standard InChI is InChI=1S/C21H18FN3O/c1-14-10-15-4-2-3-5-20(15)25(14)19-11-16(12-23-13-19)21(26)24-18-8-6-17(22)7-9-18/h2-9,11-14H,10H2,1H3,(H,24,26). The zero-order chi connectivity index (χ0) is 18.1. The summed E-state index contributed by atoms with van der Waals surface area (Å²) in [6.07, 6.45) is 4.27. The Kier molecular flexibility index (Phi) is 4.13. The average Bonchev–Trinajstić information content (AvgIpc) is 2.99. The zero-order valence-electron chi connectivity index (χ0n) is 14.3. The number of halogens is 1. The Morgan fingerprint density at radius 3 is 2.73 bits per heavy atom. The number of nitrogens with zero attached hydrogens (tertiary/aromatic N) is 2. The second-order valence-electron chi connectivity index (χ2n) is 6.44. The predicted octanol–water partition coefficient (Wildman–Crippen LogP) is 4.56. The molecule has 1 N–H and O–H groups in total. The molecule has 0 aliphatic carbocycles. The fourth-order valence-corrected chi connectivity index (χ4v) is 3.38. The molecule has 0 spiro atoms. The minimum atomic E-state index is -0.339. The lowest BCUT2D eigenvalue weighted by molar-refractivity contribution is 0.102. The molecule has 130 valence electrons. The number of aromatic nitrogens is 1. The smallest absolute Gasteiger partial charge is 0.257 e. The van der Waals surface area contributed by atoms with Gasteiger partial charge < -0.3 is 10.2 Å². The van der Waals surface area contributed by atoms with E-state index in [1.807, 2.05) is 18.2 Å². The molecular formula is C21H18FN3O. The van der Waals surface area contributed by atoms with E-state index in [0.29, 0.717) is 17.3 Å². The van der Waals surface area contributed by atoms with Crippen molar-refractivity contribution in [2.45, 2.75) is 19.4 Å². The summed E-state index contributed by atoms with van der Waals surface area (Å²) in [5.74, 6) is -0.612. The highest BCUT2D eigenvalue weighted by atomic mass is 19.1. The fraction of sp³-hybridized carbons (Fsp3) is 0.143. The topological polar surface area (TPSA) is 45.2 Å². The fourth-order valence-electron chi connectivity index (χ4n) is 3.38. The summed E-state index contributed by atoms with van der Waals surface area (Å²) in [6.45, 7) is 2.16. The van der Waals surface area contributed by atoms with Crippen molar-refractivity contribution in [3.63, 3.8) is 0 Å². The van der Waals surface area contributed by atoms with Gasteiger partial charge in [-0.2, -0.15) is 0 Å². The summed E-state index contributed by atoms with van der Waals surface area (Å²) >= 11 is 0. The molecule has 0 saturated heterocycles. The van der Waals surface area contributed by atoms with Gasteiger partial charge in [0.15, 0.2) is 0 Å². The maximum absolute atomic E-state index is 13.0. The lowest BCUT2D eigenvalue weighted by Gasteiger charge is -2.25. The second-order valence-corrected chi connectivity index (χ2v) is 6.44. The number of carbonyl (C=O) groups is 1. The molecule has 1 aliphatic heterocycles. The van der Waals surface area contributed by atoms with Crippen molar-refractivity contribution in [3.05, 3.63) is 83.9 Å². The Morgan fingerprint density at radius 1 is 1.15 bits per heavy atom. The third-order valence-electron chi connectivity index (χ3n) is 4.57. The SMILES string of the molecule is CC1Cc2ccccc2N1c1cncc(C(=O)Nc2ccc(F)cc2)c1. The molecule has 1 aliphatic rings. The van der Waals surface area contributed by atoms with Gasteiger partial charge in [0.25, 0.3) is 5.91 Å². The van der Waals surface area contributed by atoms with Crippen LogP contribution in [-0.4, -0.2) is 16.9 Å². The number of amides is 1. The molecule has 0 saturated carbocycles.